The third kappa shape index (κ3) is 3.07. The van der Waals surface area contributed by atoms with Crippen LogP contribution in [-0.4, -0.2) is 17.1 Å². The van der Waals surface area contributed by atoms with E-state index < -0.39 is 11.6 Å². The highest BCUT2D eigenvalue weighted by Gasteiger charge is 2.24. The fraction of sp³-hybridized carbons (Fsp3) is 0.462. The molecule has 0 heterocycles. The van der Waals surface area contributed by atoms with E-state index in [-0.39, 0.29) is 5.91 Å². The predicted molar refractivity (Wildman–Crippen MR) is 64.0 cm³/mol. The molecule has 0 saturated heterocycles. The molecule has 2 N–H and O–H groups in total. The molecule has 0 radical (unpaired) electrons. The Morgan fingerprint density at radius 3 is 2.56 bits per heavy atom. The second-order valence-electron chi connectivity index (χ2n) is 4.66. The summed E-state index contributed by atoms with van der Waals surface area (Å²) in [6, 6.07) is 7.97. The molecule has 1 aromatic carbocycles. The molecule has 3 nitrogen and oxygen atoms in total. The standard InChI is InChI=1S/C13H19NO2/c1-9-6-5-7-11(8-9)13(3,4)14-12(16)10(2)15/h5-8,10,15H,1-4H3,(H,14,16). The van der Waals surface area contributed by atoms with Gasteiger partial charge in [0.05, 0.1) is 5.54 Å². The minimum Gasteiger partial charge on any atom is -0.384 e. The minimum absolute atomic E-state index is 0.355. The average molecular weight is 221 g/mol. The lowest BCUT2D eigenvalue weighted by molar-refractivity contribution is -0.130. The Morgan fingerprint density at radius 1 is 1.44 bits per heavy atom. The van der Waals surface area contributed by atoms with E-state index in [1.54, 1.807) is 0 Å². The van der Waals surface area contributed by atoms with Crippen LogP contribution in [0.3, 0.4) is 0 Å². The molecule has 0 aliphatic rings. The normalized spacial score (nSPS) is 13.3. The number of carbonyl (C=O) groups is 1. The van der Waals surface area contributed by atoms with Gasteiger partial charge in [0.25, 0.3) is 0 Å². The number of rotatable bonds is 3. The fourth-order valence-electron chi connectivity index (χ4n) is 1.52. The summed E-state index contributed by atoms with van der Waals surface area (Å²) in [6.45, 7) is 7.31. The van der Waals surface area contributed by atoms with Gasteiger partial charge in [-0.3, -0.25) is 4.79 Å². The summed E-state index contributed by atoms with van der Waals surface area (Å²) >= 11 is 0. The number of hydrogen-bond acceptors (Lipinski definition) is 2. The van der Waals surface area contributed by atoms with Gasteiger partial charge in [-0.2, -0.15) is 0 Å². The molecule has 3 heteroatoms. The van der Waals surface area contributed by atoms with Crippen LogP contribution in [0, 0.1) is 6.92 Å². The summed E-state index contributed by atoms with van der Waals surface area (Å²) in [7, 11) is 0. The highest BCUT2D eigenvalue weighted by atomic mass is 16.3. The van der Waals surface area contributed by atoms with E-state index in [4.69, 9.17) is 0 Å². The average Bonchev–Trinajstić information content (AvgIpc) is 2.17. The summed E-state index contributed by atoms with van der Waals surface area (Å²) in [6.07, 6.45) is -0.982. The van der Waals surface area contributed by atoms with Gasteiger partial charge >= 0.3 is 0 Å². The van der Waals surface area contributed by atoms with E-state index >= 15 is 0 Å². The lowest BCUT2D eigenvalue weighted by Gasteiger charge is -2.28. The Balaban J connectivity index is 2.89. The van der Waals surface area contributed by atoms with Gasteiger partial charge in [0, 0.05) is 0 Å². The molecule has 0 saturated carbocycles. The van der Waals surface area contributed by atoms with E-state index in [1.807, 2.05) is 45.0 Å². The fourth-order valence-corrected chi connectivity index (χ4v) is 1.52. The molecule has 0 bridgehead atoms. The van der Waals surface area contributed by atoms with Crippen molar-refractivity contribution in [3.8, 4) is 0 Å². The highest BCUT2D eigenvalue weighted by molar-refractivity contribution is 5.80. The van der Waals surface area contributed by atoms with Gasteiger partial charge in [0.15, 0.2) is 0 Å². The van der Waals surface area contributed by atoms with Gasteiger partial charge in [-0.05, 0) is 33.3 Å². The molecule has 1 atom stereocenters. The molecule has 1 amide bonds. The number of nitrogens with one attached hydrogen (secondary N) is 1. The van der Waals surface area contributed by atoms with Crippen LogP contribution in [0.1, 0.15) is 31.9 Å². The van der Waals surface area contributed by atoms with Gasteiger partial charge in [0.2, 0.25) is 5.91 Å². The second-order valence-corrected chi connectivity index (χ2v) is 4.66. The first-order valence-electron chi connectivity index (χ1n) is 5.40. The number of benzene rings is 1. The Morgan fingerprint density at radius 2 is 2.06 bits per heavy atom. The van der Waals surface area contributed by atoms with E-state index in [2.05, 4.69) is 5.32 Å². The lowest BCUT2D eigenvalue weighted by Crippen LogP contribution is -2.45. The minimum atomic E-state index is -0.982. The maximum Gasteiger partial charge on any atom is 0.249 e. The molecule has 0 aliphatic heterocycles. The Labute approximate surface area is 96.5 Å². The van der Waals surface area contributed by atoms with Crippen molar-refractivity contribution in [2.45, 2.75) is 39.3 Å². The number of aliphatic hydroxyl groups is 1. The van der Waals surface area contributed by atoms with Gasteiger partial charge < -0.3 is 10.4 Å². The zero-order valence-electron chi connectivity index (χ0n) is 10.2. The molecule has 1 unspecified atom stereocenters. The van der Waals surface area contributed by atoms with Crippen molar-refractivity contribution in [2.75, 3.05) is 0 Å². The number of amides is 1. The van der Waals surface area contributed by atoms with Gasteiger partial charge in [0.1, 0.15) is 6.10 Å². The lowest BCUT2D eigenvalue weighted by atomic mass is 9.93. The van der Waals surface area contributed by atoms with Crippen molar-refractivity contribution in [1.29, 1.82) is 0 Å². The van der Waals surface area contributed by atoms with Gasteiger partial charge in [-0.15, -0.1) is 0 Å². The van der Waals surface area contributed by atoms with Gasteiger partial charge in [-0.1, -0.05) is 29.8 Å². The third-order valence-electron chi connectivity index (χ3n) is 2.55. The molecule has 1 rings (SSSR count). The largest absolute Gasteiger partial charge is 0.384 e. The predicted octanol–water partition coefficient (Wildman–Crippen LogP) is 1.73. The first-order valence-corrected chi connectivity index (χ1v) is 5.40. The van der Waals surface area contributed by atoms with E-state index in [0.29, 0.717) is 0 Å². The zero-order valence-corrected chi connectivity index (χ0v) is 10.2. The van der Waals surface area contributed by atoms with Crippen molar-refractivity contribution < 1.29 is 9.90 Å². The molecule has 0 spiro atoms. The summed E-state index contributed by atoms with van der Waals surface area (Å²) in [5, 5.41) is 12.0. The topological polar surface area (TPSA) is 49.3 Å². The van der Waals surface area contributed by atoms with Crippen LogP contribution in [0.5, 0.6) is 0 Å². The van der Waals surface area contributed by atoms with Crippen LogP contribution in [0.2, 0.25) is 0 Å². The SMILES string of the molecule is Cc1cccc(C(C)(C)NC(=O)C(C)O)c1. The van der Waals surface area contributed by atoms with Crippen LogP contribution >= 0.6 is 0 Å². The molecule has 1 aromatic rings. The smallest absolute Gasteiger partial charge is 0.249 e. The zero-order chi connectivity index (χ0) is 12.3. The van der Waals surface area contributed by atoms with E-state index in [1.165, 1.54) is 6.92 Å². The Hall–Kier alpha value is -1.35. The van der Waals surface area contributed by atoms with Crippen LogP contribution in [0.25, 0.3) is 0 Å². The van der Waals surface area contributed by atoms with E-state index in [0.717, 1.165) is 11.1 Å². The number of aryl methyl sites for hydroxylation is 1. The van der Waals surface area contributed by atoms with Crippen molar-refractivity contribution in [3.05, 3.63) is 35.4 Å². The Kier molecular flexibility index (Phi) is 3.70. The molecule has 0 aromatic heterocycles. The van der Waals surface area contributed by atoms with Crippen molar-refractivity contribution in [2.24, 2.45) is 0 Å². The van der Waals surface area contributed by atoms with Gasteiger partial charge in [-0.25, -0.2) is 0 Å². The monoisotopic (exact) mass is 221 g/mol. The quantitative estimate of drug-likeness (QED) is 0.816. The molecule has 88 valence electrons. The molecular formula is C13H19NO2. The maximum atomic E-state index is 11.5. The summed E-state index contributed by atoms with van der Waals surface area (Å²) in [5.41, 5.74) is 1.71. The van der Waals surface area contributed by atoms with Crippen LogP contribution in [0.15, 0.2) is 24.3 Å². The van der Waals surface area contributed by atoms with Crippen molar-refractivity contribution in [1.82, 2.24) is 5.32 Å². The summed E-state index contributed by atoms with van der Waals surface area (Å²) in [5.74, 6) is -0.355. The molecular weight excluding hydrogens is 202 g/mol. The third-order valence-corrected chi connectivity index (χ3v) is 2.55. The first-order chi connectivity index (χ1) is 7.33. The molecule has 16 heavy (non-hydrogen) atoms. The van der Waals surface area contributed by atoms with Crippen LogP contribution in [0.4, 0.5) is 0 Å². The Bertz CT molecular complexity index is 383. The summed E-state index contributed by atoms with van der Waals surface area (Å²) < 4.78 is 0. The molecule has 0 aliphatic carbocycles. The van der Waals surface area contributed by atoms with Crippen molar-refractivity contribution in [3.63, 3.8) is 0 Å². The highest BCUT2D eigenvalue weighted by Crippen LogP contribution is 2.20. The number of aliphatic hydroxyl groups excluding tert-OH is 1. The maximum absolute atomic E-state index is 11.5. The first kappa shape index (κ1) is 12.7. The van der Waals surface area contributed by atoms with Crippen LogP contribution < -0.4 is 5.32 Å². The number of hydrogen-bond donors (Lipinski definition) is 2. The van der Waals surface area contributed by atoms with Crippen molar-refractivity contribution >= 4 is 5.91 Å². The summed E-state index contributed by atoms with van der Waals surface area (Å²) in [4.78, 5) is 11.5. The van der Waals surface area contributed by atoms with E-state index in [9.17, 15) is 9.90 Å². The molecule has 0 fully saturated rings. The number of carbonyl (C=O) groups excluding carboxylic acids is 1. The van der Waals surface area contributed by atoms with Crippen LogP contribution in [-0.2, 0) is 10.3 Å². The second kappa shape index (κ2) is 4.66.